The number of methoxy groups -OCH3 is 1. The van der Waals surface area contributed by atoms with Gasteiger partial charge in [0.2, 0.25) is 0 Å². The minimum absolute atomic E-state index is 0.224. The van der Waals surface area contributed by atoms with Crippen LogP contribution in [-0.2, 0) is 4.74 Å². The maximum Gasteiger partial charge on any atom is 0.337 e. The zero-order valence-electron chi connectivity index (χ0n) is 6.61. The first-order valence-corrected chi connectivity index (χ1v) is 4.87. The van der Waals surface area contributed by atoms with Crippen LogP contribution in [0.4, 0.5) is 4.39 Å². The Morgan fingerprint density at radius 3 is 2.23 bits per heavy atom. The van der Waals surface area contributed by atoms with Gasteiger partial charge in [-0.25, -0.2) is 9.18 Å². The molecule has 0 aliphatic carbocycles. The van der Waals surface area contributed by atoms with Crippen LogP contribution in [0.15, 0.2) is 21.1 Å². The van der Waals surface area contributed by atoms with Gasteiger partial charge >= 0.3 is 5.97 Å². The molecular weight excluding hydrogens is 307 g/mol. The summed E-state index contributed by atoms with van der Waals surface area (Å²) in [5, 5.41) is 0. The summed E-state index contributed by atoms with van der Waals surface area (Å²) in [6, 6.07) is 2.73. The normalized spacial score (nSPS) is 9.85. The van der Waals surface area contributed by atoms with Crippen LogP contribution in [0.25, 0.3) is 0 Å². The van der Waals surface area contributed by atoms with Crippen LogP contribution in [0.2, 0.25) is 0 Å². The second kappa shape index (κ2) is 4.19. The van der Waals surface area contributed by atoms with Crippen molar-refractivity contribution in [1.29, 1.82) is 0 Å². The number of hydrogen-bond donors (Lipinski definition) is 0. The summed E-state index contributed by atoms with van der Waals surface area (Å²) in [7, 11) is 1.27. The predicted octanol–water partition coefficient (Wildman–Crippen LogP) is 3.14. The first-order valence-electron chi connectivity index (χ1n) is 3.29. The average Bonchev–Trinajstić information content (AvgIpc) is 2.12. The van der Waals surface area contributed by atoms with Crippen LogP contribution in [0.3, 0.4) is 0 Å². The van der Waals surface area contributed by atoms with E-state index in [4.69, 9.17) is 0 Å². The number of benzene rings is 1. The van der Waals surface area contributed by atoms with E-state index in [2.05, 4.69) is 36.6 Å². The number of halogens is 3. The minimum Gasteiger partial charge on any atom is -0.465 e. The van der Waals surface area contributed by atoms with E-state index in [1.165, 1.54) is 19.2 Å². The van der Waals surface area contributed by atoms with Crippen molar-refractivity contribution in [3.05, 3.63) is 32.5 Å². The van der Waals surface area contributed by atoms with Gasteiger partial charge in [-0.05, 0) is 44.0 Å². The Bertz CT molecular complexity index is 329. The second-order valence-electron chi connectivity index (χ2n) is 2.25. The highest BCUT2D eigenvalue weighted by Crippen LogP contribution is 2.25. The van der Waals surface area contributed by atoms with Gasteiger partial charge in [0.05, 0.1) is 21.6 Å². The van der Waals surface area contributed by atoms with Gasteiger partial charge in [-0.2, -0.15) is 0 Å². The lowest BCUT2D eigenvalue weighted by Gasteiger charge is -2.02. The quantitative estimate of drug-likeness (QED) is 0.588. The number of hydrogen-bond acceptors (Lipinski definition) is 2. The summed E-state index contributed by atoms with van der Waals surface area (Å²) in [6.07, 6.45) is 0. The van der Waals surface area contributed by atoms with Crippen molar-refractivity contribution in [2.75, 3.05) is 7.11 Å². The molecule has 0 fully saturated rings. The van der Waals surface area contributed by atoms with Gasteiger partial charge in [0.1, 0.15) is 0 Å². The number of esters is 1. The summed E-state index contributed by atoms with van der Waals surface area (Å²) >= 11 is 5.96. The van der Waals surface area contributed by atoms with Crippen molar-refractivity contribution < 1.29 is 13.9 Å². The Morgan fingerprint density at radius 1 is 1.38 bits per heavy atom. The highest BCUT2D eigenvalue weighted by Gasteiger charge is 2.11. The Kier molecular flexibility index (Phi) is 3.44. The van der Waals surface area contributed by atoms with Crippen LogP contribution in [0, 0.1) is 5.82 Å². The maximum absolute atomic E-state index is 13.0. The first kappa shape index (κ1) is 10.7. The van der Waals surface area contributed by atoms with Crippen molar-refractivity contribution >= 4 is 37.8 Å². The number of rotatable bonds is 1. The van der Waals surface area contributed by atoms with Gasteiger partial charge < -0.3 is 4.74 Å². The monoisotopic (exact) mass is 310 g/mol. The average molecular weight is 312 g/mol. The van der Waals surface area contributed by atoms with Crippen molar-refractivity contribution in [3.63, 3.8) is 0 Å². The molecule has 1 aromatic carbocycles. The Labute approximate surface area is 91.3 Å². The van der Waals surface area contributed by atoms with Gasteiger partial charge in [-0.15, -0.1) is 0 Å². The van der Waals surface area contributed by atoms with Crippen LogP contribution in [0.5, 0.6) is 0 Å². The number of ether oxygens (including phenoxy) is 1. The molecule has 0 atom stereocenters. The molecule has 2 nitrogen and oxygen atoms in total. The molecule has 0 aromatic heterocycles. The third kappa shape index (κ3) is 2.28. The van der Waals surface area contributed by atoms with E-state index in [1.807, 2.05) is 0 Å². The molecule has 0 amide bonds. The molecule has 1 rings (SSSR count). The fraction of sp³-hybridized carbons (Fsp3) is 0.125. The van der Waals surface area contributed by atoms with Gasteiger partial charge in [-0.3, -0.25) is 0 Å². The molecular formula is C8H5Br2FO2. The molecule has 0 radical (unpaired) electrons. The molecule has 0 unspecified atom stereocenters. The molecule has 0 N–H and O–H groups in total. The summed E-state index contributed by atoms with van der Waals surface area (Å²) < 4.78 is 18.0. The van der Waals surface area contributed by atoms with Gasteiger partial charge in [0.25, 0.3) is 0 Å². The van der Waals surface area contributed by atoms with Crippen molar-refractivity contribution in [1.82, 2.24) is 0 Å². The molecule has 0 spiro atoms. The molecule has 0 heterocycles. The number of carbonyl (C=O) groups excluding carboxylic acids is 1. The number of carbonyl (C=O) groups is 1. The van der Waals surface area contributed by atoms with E-state index in [0.29, 0.717) is 5.56 Å². The zero-order valence-corrected chi connectivity index (χ0v) is 9.78. The molecule has 0 aliphatic rings. The Hall–Kier alpha value is -0.420. The third-order valence-electron chi connectivity index (χ3n) is 1.40. The fourth-order valence-electron chi connectivity index (χ4n) is 0.791. The summed E-state index contributed by atoms with van der Waals surface area (Å²) in [4.78, 5) is 11.0. The maximum atomic E-state index is 13.0. The molecule has 0 aliphatic heterocycles. The third-order valence-corrected chi connectivity index (χ3v) is 2.56. The zero-order chi connectivity index (χ0) is 10.0. The van der Waals surface area contributed by atoms with Crippen LogP contribution < -0.4 is 0 Å². The van der Waals surface area contributed by atoms with Crippen molar-refractivity contribution in [3.8, 4) is 0 Å². The van der Waals surface area contributed by atoms with E-state index in [-0.39, 0.29) is 8.95 Å². The molecule has 70 valence electrons. The molecule has 1 aromatic rings. The predicted molar refractivity (Wildman–Crippen MR) is 53.1 cm³/mol. The minimum atomic E-state index is -0.499. The Balaban J connectivity index is 3.20. The SMILES string of the molecule is COC(=O)c1cc(Br)c(F)c(Br)c1. The van der Waals surface area contributed by atoms with E-state index >= 15 is 0 Å². The molecule has 0 saturated heterocycles. The van der Waals surface area contributed by atoms with Gasteiger partial charge in [-0.1, -0.05) is 0 Å². The fourth-order valence-corrected chi connectivity index (χ4v) is 1.98. The lowest BCUT2D eigenvalue weighted by Crippen LogP contribution is -2.01. The summed E-state index contributed by atoms with van der Waals surface area (Å²) in [6.45, 7) is 0. The molecule has 5 heteroatoms. The smallest absolute Gasteiger partial charge is 0.337 e. The highest BCUT2D eigenvalue weighted by molar-refractivity contribution is 9.11. The molecule has 13 heavy (non-hydrogen) atoms. The van der Waals surface area contributed by atoms with E-state index < -0.39 is 11.8 Å². The highest BCUT2D eigenvalue weighted by atomic mass is 79.9. The first-order chi connectivity index (χ1) is 6.06. The van der Waals surface area contributed by atoms with Crippen LogP contribution >= 0.6 is 31.9 Å². The van der Waals surface area contributed by atoms with Crippen molar-refractivity contribution in [2.45, 2.75) is 0 Å². The molecule has 0 saturated carbocycles. The lowest BCUT2D eigenvalue weighted by atomic mass is 10.2. The lowest BCUT2D eigenvalue weighted by molar-refractivity contribution is 0.0600. The van der Waals surface area contributed by atoms with E-state index in [0.717, 1.165) is 0 Å². The second-order valence-corrected chi connectivity index (χ2v) is 3.95. The summed E-state index contributed by atoms with van der Waals surface area (Å²) in [5.41, 5.74) is 0.294. The molecule has 0 bridgehead atoms. The van der Waals surface area contributed by atoms with Crippen LogP contribution in [0.1, 0.15) is 10.4 Å². The van der Waals surface area contributed by atoms with Gasteiger partial charge in [0.15, 0.2) is 5.82 Å². The van der Waals surface area contributed by atoms with Crippen molar-refractivity contribution in [2.24, 2.45) is 0 Å². The standard InChI is InChI=1S/C8H5Br2FO2/c1-13-8(12)4-2-5(9)7(11)6(10)3-4/h2-3H,1H3. The van der Waals surface area contributed by atoms with Gasteiger partial charge in [0, 0.05) is 0 Å². The van der Waals surface area contributed by atoms with Crippen LogP contribution in [-0.4, -0.2) is 13.1 Å². The topological polar surface area (TPSA) is 26.3 Å². The van der Waals surface area contributed by atoms with E-state index in [9.17, 15) is 9.18 Å². The van der Waals surface area contributed by atoms with E-state index in [1.54, 1.807) is 0 Å². The Morgan fingerprint density at radius 2 is 1.85 bits per heavy atom. The largest absolute Gasteiger partial charge is 0.465 e. The summed E-state index contributed by atoms with van der Waals surface area (Å²) in [5.74, 6) is -0.936.